The maximum absolute atomic E-state index is 11.7. The number of fused-ring (bicyclic) bond motifs is 1. The summed E-state index contributed by atoms with van der Waals surface area (Å²) < 4.78 is 26.4. The number of thiocarbonyl (C=S) groups is 1. The van der Waals surface area contributed by atoms with E-state index >= 15 is 0 Å². The van der Waals surface area contributed by atoms with Crippen molar-refractivity contribution in [1.82, 2.24) is 4.57 Å². The molecule has 146 valence electrons. The Morgan fingerprint density at radius 2 is 1.96 bits per heavy atom. The van der Waals surface area contributed by atoms with Gasteiger partial charge in [-0.25, -0.2) is 13.6 Å². The molecule has 12 heteroatoms. The van der Waals surface area contributed by atoms with Gasteiger partial charge in [-0.2, -0.15) is 0 Å². The zero-order valence-electron chi connectivity index (χ0n) is 14.2. The summed E-state index contributed by atoms with van der Waals surface area (Å²) in [7, 11) is -2.25. The van der Waals surface area contributed by atoms with Gasteiger partial charge in [0.15, 0.2) is 5.69 Å². The molecule has 3 aromatic rings. The second kappa shape index (κ2) is 7.87. The third-order valence-corrected chi connectivity index (χ3v) is 6.04. The Hall–Kier alpha value is -1.86. The maximum atomic E-state index is 11.7. The molecule has 8 nitrogen and oxygen atoms in total. The predicted octanol–water partition coefficient (Wildman–Crippen LogP) is 4.54. The van der Waals surface area contributed by atoms with Crippen LogP contribution in [0.4, 0.5) is 11.4 Å². The van der Waals surface area contributed by atoms with Crippen LogP contribution in [0.3, 0.4) is 0 Å². The van der Waals surface area contributed by atoms with E-state index in [0.717, 1.165) is 14.5 Å². The van der Waals surface area contributed by atoms with Crippen LogP contribution in [-0.2, 0) is 17.1 Å². The van der Waals surface area contributed by atoms with Crippen LogP contribution in [0.5, 0.6) is 5.88 Å². The molecule has 0 saturated carbocycles. The molecule has 0 bridgehead atoms. The first-order valence-electron chi connectivity index (χ1n) is 7.60. The molecule has 0 radical (unpaired) electrons. The topological polar surface area (TPSA) is 122 Å². The number of nitrogens with zero attached hydrogens (tertiary/aromatic N) is 3. The standard InChI is InChI=1S/C16H13Br2N5O3S2/c1-23-14-9(6-8(17)7-10(14)18)13(15(23)24)21-22-16(27)20-11-4-2-3-5-12(11)28(19,25)26/h2-7,24H,1H3,(H,20,27)(H2,19,25,26). The van der Waals surface area contributed by atoms with Gasteiger partial charge in [-0.1, -0.05) is 28.1 Å². The third-order valence-electron chi connectivity index (χ3n) is 3.82. The largest absolute Gasteiger partial charge is 0.493 e. The Balaban J connectivity index is 1.96. The lowest BCUT2D eigenvalue weighted by Crippen LogP contribution is -2.16. The molecule has 0 saturated heterocycles. The normalized spacial score (nSPS) is 12.0. The molecule has 0 aliphatic heterocycles. The van der Waals surface area contributed by atoms with E-state index in [0.29, 0.717) is 5.39 Å². The molecule has 3 rings (SSSR count). The highest BCUT2D eigenvalue weighted by Crippen LogP contribution is 2.42. The van der Waals surface area contributed by atoms with Crippen molar-refractivity contribution < 1.29 is 13.5 Å². The van der Waals surface area contributed by atoms with E-state index in [1.807, 2.05) is 6.07 Å². The lowest BCUT2D eigenvalue weighted by molar-refractivity contribution is 0.436. The van der Waals surface area contributed by atoms with Crippen LogP contribution in [0.2, 0.25) is 0 Å². The number of primary sulfonamides is 1. The monoisotopic (exact) mass is 545 g/mol. The fraction of sp³-hybridized carbons (Fsp3) is 0.0625. The average molecular weight is 547 g/mol. The number of aromatic hydroxyl groups is 1. The summed E-state index contributed by atoms with van der Waals surface area (Å²) in [6.45, 7) is 0. The molecule has 1 heterocycles. The minimum absolute atomic E-state index is 0.0923. The number of aromatic nitrogens is 1. The van der Waals surface area contributed by atoms with E-state index in [-0.39, 0.29) is 27.3 Å². The van der Waals surface area contributed by atoms with E-state index < -0.39 is 10.0 Å². The number of nitrogens with one attached hydrogen (secondary N) is 1. The van der Waals surface area contributed by atoms with E-state index in [1.165, 1.54) is 12.1 Å². The van der Waals surface area contributed by atoms with Crippen molar-refractivity contribution in [3.05, 3.63) is 45.3 Å². The van der Waals surface area contributed by atoms with Crippen LogP contribution in [0.15, 0.2) is 60.5 Å². The van der Waals surface area contributed by atoms with Crippen LogP contribution < -0.4 is 10.5 Å². The lowest BCUT2D eigenvalue weighted by Gasteiger charge is -2.08. The minimum Gasteiger partial charge on any atom is -0.493 e. The molecule has 0 unspecified atom stereocenters. The van der Waals surface area contributed by atoms with Crippen molar-refractivity contribution in [2.24, 2.45) is 22.4 Å². The van der Waals surface area contributed by atoms with E-state index in [2.05, 4.69) is 47.4 Å². The third kappa shape index (κ3) is 4.10. The number of hydrogen-bond acceptors (Lipinski definition) is 5. The number of halogens is 2. The highest BCUT2D eigenvalue weighted by atomic mass is 79.9. The molecule has 0 atom stereocenters. The summed E-state index contributed by atoms with van der Waals surface area (Å²) >= 11 is 12.0. The second-order valence-electron chi connectivity index (χ2n) is 5.69. The van der Waals surface area contributed by atoms with Crippen molar-refractivity contribution in [2.45, 2.75) is 4.90 Å². The quantitative estimate of drug-likeness (QED) is 0.329. The summed E-state index contributed by atoms with van der Waals surface area (Å²) in [6.07, 6.45) is 0. The molecule has 2 aromatic carbocycles. The number of para-hydroxylation sites is 1. The Morgan fingerprint density at radius 3 is 2.64 bits per heavy atom. The first-order chi connectivity index (χ1) is 13.1. The Kier molecular flexibility index (Phi) is 5.87. The zero-order chi connectivity index (χ0) is 20.6. The summed E-state index contributed by atoms with van der Waals surface area (Å²) in [4.78, 5) is -0.117. The van der Waals surface area contributed by atoms with Gasteiger partial charge >= 0.3 is 0 Å². The van der Waals surface area contributed by atoms with Crippen molar-refractivity contribution in [3.63, 3.8) is 0 Å². The Bertz CT molecular complexity index is 1240. The first kappa shape index (κ1) is 20.9. The molecule has 0 spiro atoms. The van der Waals surface area contributed by atoms with Crippen LogP contribution in [0.1, 0.15) is 0 Å². The number of sulfonamides is 1. The van der Waals surface area contributed by atoms with Gasteiger partial charge in [0.1, 0.15) is 4.90 Å². The van der Waals surface area contributed by atoms with Crippen molar-refractivity contribution >= 4 is 81.5 Å². The van der Waals surface area contributed by atoms with Gasteiger partial charge in [0.2, 0.25) is 21.0 Å². The molecular weight excluding hydrogens is 534 g/mol. The summed E-state index contributed by atoms with van der Waals surface area (Å²) in [5, 5.41) is 26.8. The number of hydrogen-bond donors (Lipinski definition) is 3. The Labute approximate surface area is 182 Å². The number of aryl methyl sites for hydroxylation is 1. The van der Waals surface area contributed by atoms with Crippen LogP contribution in [0, 0.1) is 0 Å². The van der Waals surface area contributed by atoms with Gasteiger partial charge in [-0.3, -0.25) is 0 Å². The van der Waals surface area contributed by atoms with Gasteiger partial charge in [0.05, 0.1) is 11.2 Å². The molecule has 28 heavy (non-hydrogen) atoms. The molecule has 0 aliphatic carbocycles. The van der Waals surface area contributed by atoms with E-state index in [1.54, 1.807) is 29.8 Å². The van der Waals surface area contributed by atoms with E-state index in [4.69, 9.17) is 17.4 Å². The molecule has 0 fully saturated rings. The average Bonchev–Trinajstić information content (AvgIpc) is 2.83. The highest BCUT2D eigenvalue weighted by molar-refractivity contribution is 9.11. The number of azo groups is 1. The first-order valence-corrected chi connectivity index (χ1v) is 11.1. The molecule has 4 N–H and O–H groups in total. The summed E-state index contributed by atoms with van der Waals surface area (Å²) in [5.41, 5.74) is 1.14. The minimum atomic E-state index is -3.94. The predicted molar refractivity (Wildman–Crippen MR) is 119 cm³/mol. The number of benzene rings is 2. The van der Waals surface area contributed by atoms with Gasteiger partial charge in [0.25, 0.3) is 0 Å². The van der Waals surface area contributed by atoms with Crippen LogP contribution in [0.25, 0.3) is 10.9 Å². The molecular formula is C16H13Br2N5O3S2. The number of nitrogens with two attached hydrogens (primary N) is 1. The highest BCUT2D eigenvalue weighted by Gasteiger charge is 2.18. The summed E-state index contributed by atoms with van der Waals surface area (Å²) in [5.74, 6) is -0.0923. The van der Waals surface area contributed by atoms with Crippen LogP contribution >= 0.6 is 44.1 Å². The SMILES string of the molecule is Cn1c(O)c(N=NC(=S)Nc2ccccc2S(N)(=O)=O)c2cc(Br)cc(Br)c21. The fourth-order valence-corrected chi connectivity index (χ4v) is 4.96. The Morgan fingerprint density at radius 1 is 1.29 bits per heavy atom. The van der Waals surface area contributed by atoms with Crippen molar-refractivity contribution in [1.29, 1.82) is 0 Å². The zero-order valence-corrected chi connectivity index (χ0v) is 19.0. The smallest absolute Gasteiger partial charge is 0.240 e. The van der Waals surface area contributed by atoms with Crippen LogP contribution in [-0.4, -0.2) is 23.2 Å². The van der Waals surface area contributed by atoms with Gasteiger partial charge in [0, 0.05) is 21.4 Å². The van der Waals surface area contributed by atoms with Crippen molar-refractivity contribution in [3.8, 4) is 5.88 Å². The molecule has 0 amide bonds. The molecule has 0 aliphatic rings. The maximum Gasteiger partial charge on any atom is 0.240 e. The van der Waals surface area contributed by atoms with Gasteiger partial charge in [-0.05, 0) is 52.4 Å². The molecule has 1 aromatic heterocycles. The summed E-state index contributed by atoms with van der Waals surface area (Å²) in [6, 6.07) is 9.66. The van der Waals surface area contributed by atoms with Gasteiger partial charge < -0.3 is 15.0 Å². The van der Waals surface area contributed by atoms with Crippen molar-refractivity contribution in [2.75, 3.05) is 5.32 Å². The second-order valence-corrected chi connectivity index (χ2v) is 9.37. The lowest BCUT2D eigenvalue weighted by atomic mass is 10.2. The van der Waals surface area contributed by atoms with Gasteiger partial charge in [-0.15, -0.1) is 10.2 Å². The number of rotatable bonds is 3. The van der Waals surface area contributed by atoms with E-state index in [9.17, 15) is 13.5 Å². The number of anilines is 1. The fourth-order valence-electron chi connectivity index (χ4n) is 2.62.